The molecule has 29 heavy (non-hydrogen) atoms. The number of hydrogen-bond acceptors (Lipinski definition) is 4. The molecule has 0 fully saturated rings. The fourth-order valence-corrected chi connectivity index (χ4v) is 2.84. The molecule has 3 N–H and O–H groups in total. The van der Waals surface area contributed by atoms with Gasteiger partial charge in [-0.1, -0.05) is 38.0 Å². The van der Waals surface area contributed by atoms with Crippen molar-refractivity contribution in [1.82, 2.24) is 10.2 Å². The van der Waals surface area contributed by atoms with E-state index in [2.05, 4.69) is 31.0 Å². The molecule has 1 unspecified atom stereocenters. The van der Waals surface area contributed by atoms with Gasteiger partial charge in [-0.15, -0.1) is 6.58 Å². The van der Waals surface area contributed by atoms with Crippen LogP contribution in [0.4, 0.5) is 4.79 Å². The normalized spacial score (nSPS) is 11.8. The van der Waals surface area contributed by atoms with Crippen LogP contribution in [0.25, 0.3) is 0 Å². The molecule has 0 rings (SSSR count). The number of unbranched alkanes of at least 4 members (excludes halogenated alkanes) is 5. The number of carbonyl (C=O) groups excluding carboxylic acids is 3. The molecule has 0 aromatic heterocycles. The Labute approximate surface area is 175 Å². The number of rotatable bonds is 17. The topological polar surface area (TPSA) is 102 Å². The monoisotopic (exact) mass is 409 g/mol. The first-order valence-electron chi connectivity index (χ1n) is 10.6. The summed E-state index contributed by atoms with van der Waals surface area (Å²) < 4.78 is 5.57. The molecule has 0 radical (unpaired) electrons. The van der Waals surface area contributed by atoms with Crippen molar-refractivity contribution in [2.75, 3.05) is 20.1 Å². The molecule has 0 spiro atoms. The molecular formula is C22H39N3O4. The van der Waals surface area contributed by atoms with Crippen molar-refractivity contribution in [2.24, 2.45) is 5.73 Å². The van der Waals surface area contributed by atoms with Crippen molar-refractivity contribution >= 4 is 17.9 Å². The summed E-state index contributed by atoms with van der Waals surface area (Å²) in [6.07, 6.45) is 13.1. The van der Waals surface area contributed by atoms with E-state index < -0.39 is 18.1 Å². The van der Waals surface area contributed by atoms with Crippen molar-refractivity contribution in [3.05, 3.63) is 24.8 Å². The SMILES string of the molecule is C=CCCCCCCN(CC(N)=O)C(=O)OC(CCC/C=C\CC)CC(=O)NC. The van der Waals surface area contributed by atoms with Crippen molar-refractivity contribution < 1.29 is 19.1 Å². The van der Waals surface area contributed by atoms with Gasteiger partial charge in [0, 0.05) is 13.6 Å². The number of primary amides is 1. The Hall–Kier alpha value is -2.31. The average molecular weight is 410 g/mol. The molecule has 0 aliphatic heterocycles. The summed E-state index contributed by atoms with van der Waals surface area (Å²) in [7, 11) is 1.55. The lowest BCUT2D eigenvalue weighted by Crippen LogP contribution is -2.41. The van der Waals surface area contributed by atoms with E-state index in [9.17, 15) is 14.4 Å². The second kappa shape index (κ2) is 17.8. The van der Waals surface area contributed by atoms with Crippen molar-refractivity contribution in [3.63, 3.8) is 0 Å². The van der Waals surface area contributed by atoms with Crippen LogP contribution in [0.3, 0.4) is 0 Å². The van der Waals surface area contributed by atoms with Gasteiger partial charge >= 0.3 is 6.09 Å². The largest absolute Gasteiger partial charge is 0.446 e. The van der Waals surface area contributed by atoms with E-state index in [1.54, 1.807) is 7.05 Å². The zero-order valence-corrected chi connectivity index (χ0v) is 18.2. The summed E-state index contributed by atoms with van der Waals surface area (Å²) in [5, 5.41) is 2.56. The highest BCUT2D eigenvalue weighted by atomic mass is 16.6. The third-order valence-electron chi connectivity index (χ3n) is 4.45. The Balaban J connectivity index is 4.71. The minimum atomic E-state index is -0.590. The molecule has 0 aromatic rings. The number of carbonyl (C=O) groups is 3. The summed E-state index contributed by atoms with van der Waals surface area (Å²) in [5.74, 6) is -0.767. The van der Waals surface area contributed by atoms with E-state index in [1.165, 1.54) is 4.90 Å². The molecule has 7 nitrogen and oxygen atoms in total. The van der Waals surface area contributed by atoms with Crippen LogP contribution in [0.5, 0.6) is 0 Å². The fourth-order valence-electron chi connectivity index (χ4n) is 2.84. The van der Waals surface area contributed by atoms with Crippen LogP contribution in [-0.4, -0.2) is 49.0 Å². The molecule has 0 aliphatic carbocycles. The molecular weight excluding hydrogens is 370 g/mol. The van der Waals surface area contributed by atoms with Crippen LogP contribution in [-0.2, 0) is 14.3 Å². The van der Waals surface area contributed by atoms with E-state index in [1.807, 2.05) is 6.08 Å². The summed E-state index contributed by atoms with van der Waals surface area (Å²) in [5.41, 5.74) is 5.29. The second-order valence-corrected chi connectivity index (χ2v) is 7.07. The fraction of sp³-hybridized carbons (Fsp3) is 0.682. The minimum Gasteiger partial charge on any atom is -0.446 e. The van der Waals surface area contributed by atoms with Crippen LogP contribution in [0.15, 0.2) is 24.8 Å². The predicted octanol–water partition coefficient (Wildman–Crippen LogP) is 3.69. The summed E-state index contributed by atoms with van der Waals surface area (Å²) in [6, 6.07) is 0. The van der Waals surface area contributed by atoms with Crippen molar-refractivity contribution in [1.29, 1.82) is 0 Å². The van der Waals surface area contributed by atoms with Gasteiger partial charge in [-0.2, -0.15) is 0 Å². The summed E-state index contributed by atoms with van der Waals surface area (Å²) in [6.45, 7) is 5.99. The smallest absolute Gasteiger partial charge is 0.410 e. The Kier molecular flexibility index (Phi) is 16.4. The zero-order chi connectivity index (χ0) is 21.9. The van der Waals surface area contributed by atoms with Crippen LogP contribution in [0.1, 0.15) is 71.1 Å². The highest BCUT2D eigenvalue weighted by molar-refractivity contribution is 5.81. The standard InChI is InChI=1S/C22H39N3O4/c1-4-6-8-10-12-14-16-25(18-20(23)26)22(28)29-19(17-21(27)24-3)15-13-11-9-7-5-2/h4,7,9,19H,1,5-6,8,10-18H2,2-3H3,(H2,23,26)(H,24,27)/b9-7-. The maximum absolute atomic E-state index is 12.6. The molecule has 0 aliphatic rings. The lowest BCUT2D eigenvalue weighted by molar-refractivity contribution is -0.123. The highest BCUT2D eigenvalue weighted by Gasteiger charge is 2.23. The van der Waals surface area contributed by atoms with Gasteiger partial charge < -0.3 is 15.8 Å². The zero-order valence-electron chi connectivity index (χ0n) is 18.2. The number of hydrogen-bond donors (Lipinski definition) is 2. The molecule has 3 amide bonds. The number of nitrogens with zero attached hydrogens (tertiary/aromatic N) is 1. The second-order valence-electron chi connectivity index (χ2n) is 7.07. The Morgan fingerprint density at radius 1 is 1.10 bits per heavy atom. The summed E-state index contributed by atoms with van der Waals surface area (Å²) in [4.78, 5) is 37.1. The van der Waals surface area contributed by atoms with Gasteiger partial charge in [-0.05, 0) is 44.9 Å². The third kappa shape index (κ3) is 15.3. The van der Waals surface area contributed by atoms with Crippen molar-refractivity contribution in [3.8, 4) is 0 Å². The molecule has 0 saturated carbocycles. The first-order chi connectivity index (χ1) is 13.9. The molecule has 7 heteroatoms. The number of amides is 3. The van der Waals surface area contributed by atoms with Crippen LogP contribution >= 0.6 is 0 Å². The average Bonchev–Trinajstić information content (AvgIpc) is 2.68. The van der Waals surface area contributed by atoms with Crippen LogP contribution < -0.4 is 11.1 Å². The lowest BCUT2D eigenvalue weighted by atomic mass is 10.1. The Morgan fingerprint density at radius 2 is 1.83 bits per heavy atom. The van der Waals surface area contributed by atoms with Crippen LogP contribution in [0.2, 0.25) is 0 Å². The van der Waals surface area contributed by atoms with Gasteiger partial charge in [-0.25, -0.2) is 4.79 Å². The van der Waals surface area contributed by atoms with Gasteiger partial charge in [0.25, 0.3) is 0 Å². The van der Waals surface area contributed by atoms with E-state index >= 15 is 0 Å². The third-order valence-corrected chi connectivity index (χ3v) is 4.45. The minimum absolute atomic E-state index is 0.103. The van der Waals surface area contributed by atoms with Gasteiger partial charge in [-0.3, -0.25) is 14.5 Å². The number of nitrogens with two attached hydrogens (primary N) is 1. The quantitative estimate of drug-likeness (QED) is 0.282. The predicted molar refractivity (Wildman–Crippen MR) is 116 cm³/mol. The molecule has 0 aromatic carbocycles. The maximum atomic E-state index is 12.6. The molecule has 0 saturated heterocycles. The van der Waals surface area contributed by atoms with Gasteiger partial charge in [0.1, 0.15) is 12.6 Å². The first-order valence-corrected chi connectivity index (χ1v) is 10.6. The summed E-state index contributed by atoms with van der Waals surface area (Å²) >= 11 is 0. The van der Waals surface area contributed by atoms with Crippen LogP contribution in [0, 0.1) is 0 Å². The maximum Gasteiger partial charge on any atom is 0.410 e. The van der Waals surface area contributed by atoms with Gasteiger partial charge in [0.2, 0.25) is 11.8 Å². The molecule has 0 heterocycles. The number of ether oxygens (including phenoxy) is 1. The molecule has 0 bridgehead atoms. The van der Waals surface area contributed by atoms with E-state index in [-0.39, 0.29) is 18.9 Å². The Bertz CT molecular complexity index is 520. The lowest BCUT2D eigenvalue weighted by Gasteiger charge is -2.24. The molecule has 1 atom stereocenters. The van der Waals surface area contributed by atoms with Crippen molar-refractivity contribution in [2.45, 2.75) is 77.2 Å². The first kappa shape index (κ1) is 26.7. The van der Waals surface area contributed by atoms with E-state index in [0.29, 0.717) is 13.0 Å². The number of allylic oxidation sites excluding steroid dienone is 3. The Morgan fingerprint density at radius 3 is 2.45 bits per heavy atom. The highest BCUT2D eigenvalue weighted by Crippen LogP contribution is 2.13. The van der Waals surface area contributed by atoms with E-state index in [0.717, 1.165) is 51.4 Å². The van der Waals surface area contributed by atoms with Gasteiger partial charge in [0.15, 0.2) is 0 Å². The van der Waals surface area contributed by atoms with Gasteiger partial charge in [0.05, 0.1) is 6.42 Å². The number of nitrogens with one attached hydrogen (secondary N) is 1. The van der Waals surface area contributed by atoms with E-state index in [4.69, 9.17) is 10.5 Å². The molecule has 166 valence electrons.